The number of primary amides is 1. The molecular weight excluding hydrogens is 424 g/mol. The van der Waals surface area contributed by atoms with Gasteiger partial charge >= 0.3 is 6.09 Å². The van der Waals surface area contributed by atoms with Gasteiger partial charge in [0.05, 0.1) is 11.1 Å². The molecule has 0 radical (unpaired) electrons. The van der Waals surface area contributed by atoms with Crippen molar-refractivity contribution in [1.82, 2.24) is 14.9 Å². The molecule has 28 heavy (non-hydrogen) atoms. The van der Waals surface area contributed by atoms with Crippen molar-refractivity contribution in [2.45, 2.75) is 59.0 Å². The summed E-state index contributed by atoms with van der Waals surface area (Å²) in [5.74, 6) is -0.433. The van der Waals surface area contributed by atoms with Crippen LogP contribution in [0.1, 0.15) is 64.0 Å². The number of nitrogens with two attached hydrogens (primary N) is 1. The average molecular weight is 451 g/mol. The van der Waals surface area contributed by atoms with Crippen LogP contribution in [0.2, 0.25) is 0 Å². The van der Waals surface area contributed by atoms with E-state index in [-0.39, 0.29) is 11.3 Å². The van der Waals surface area contributed by atoms with Crippen LogP contribution in [0.15, 0.2) is 16.7 Å². The van der Waals surface area contributed by atoms with Crippen LogP contribution in [0.3, 0.4) is 0 Å². The molecule has 4 N–H and O–H groups in total. The number of halogens is 1. The lowest BCUT2D eigenvalue weighted by atomic mass is 9.84. The van der Waals surface area contributed by atoms with Crippen LogP contribution in [0, 0.1) is 11.3 Å². The maximum atomic E-state index is 12.3. The first-order valence-corrected chi connectivity index (χ1v) is 10.0. The van der Waals surface area contributed by atoms with E-state index in [2.05, 4.69) is 46.7 Å². The number of amides is 2. The van der Waals surface area contributed by atoms with Crippen molar-refractivity contribution in [2.24, 2.45) is 17.1 Å². The van der Waals surface area contributed by atoms with Crippen molar-refractivity contribution >= 4 is 39.0 Å². The molecule has 7 nitrogen and oxygen atoms in total. The number of pyridine rings is 1. The molecular formula is C20H27BrN4O3. The van der Waals surface area contributed by atoms with Crippen molar-refractivity contribution in [2.75, 3.05) is 0 Å². The van der Waals surface area contributed by atoms with Crippen molar-refractivity contribution < 1.29 is 14.7 Å². The van der Waals surface area contributed by atoms with E-state index in [1.54, 1.807) is 4.90 Å². The molecule has 1 fully saturated rings. The fourth-order valence-corrected chi connectivity index (χ4v) is 5.04. The van der Waals surface area contributed by atoms with Gasteiger partial charge in [0.25, 0.3) is 5.91 Å². The minimum Gasteiger partial charge on any atom is -0.465 e. The second kappa shape index (κ2) is 6.20. The van der Waals surface area contributed by atoms with Gasteiger partial charge in [-0.15, -0.1) is 0 Å². The van der Waals surface area contributed by atoms with Gasteiger partial charge in [-0.05, 0) is 60.5 Å². The van der Waals surface area contributed by atoms with Crippen LogP contribution in [-0.2, 0) is 5.54 Å². The zero-order chi connectivity index (χ0) is 21.2. The number of nitrogens with zero attached hydrogens (tertiary/aromatic N) is 2. The molecule has 8 heteroatoms. The molecule has 2 aromatic heterocycles. The maximum Gasteiger partial charge on any atom is 0.408 e. The molecule has 0 aromatic carbocycles. The Morgan fingerprint density at radius 1 is 1.32 bits per heavy atom. The van der Waals surface area contributed by atoms with Gasteiger partial charge in [0, 0.05) is 27.3 Å². The molecule has 1 aliphatic rings. The molecule has 3 rings (SSSR count). The average Bonchev–Trinajstić information content (AvgIpc) is 3.09. The Morgan fingerprint density at radius 3 is 2.36 bits per heavy atom. The van der Waals surface area contributed by atoms with E-state index >= 15 is 0 Å². The van der Waals surface area contributed by atoms with Crippen LogP contribution < -0.4 is 5.73 Å². The molecule has 0 aliphatic heterocycles. The van der Waals surface area contributed by atoms with E-state index in [0.29, 0.717) is 27.5 Å². The summed E-state index contributed by atoms with van der Waals surface area (Å²) in [5.41, 5.74) is 5.74. The van der Waals surface area contributed by atoms with Gasteiger partial charge in [-0.1, -0.05) is 20.8 Å². The van der Waals surface area contributed by atoms with Gasteiger partial charge < -0.3 is 15.8 Å². The van der Waals surface area contributed by atoms with Gasteiger partial charge in [0.1, 0.15) is 5.65 Å². The molecule has 152 valence electrons. The van der Waals surface area contributed by atoms with Gasteiger partial charge in [0.15, 0.2) is 0 Å². The smallest absolute Gasteiger partial charge is 0.408 e. The number of carboxylic acid groups (broad SMARTS) is 1. The Kier molecular flexibility index (Phi) is 4.57. The fraction of sp³-hybridized carbons (Fsp3) is 0.550. The first-order valence-electron chi connectivity index (χ1n) is 9.22. The fourth-order valence-electron chi connectivity index (χ4n) is 4.44. The van der Waals surface area contributed by atoms with Crippen molar-refractivity contribution in [1.29, 1.82) is 0 Å². The summed E-state index contributed by atoms with van der Waals surface area (Å²) in [4.78, 5) is 33.2. The highest BCUT2D eigenvalue weighted by atomic mass is 79.9. The SMILES string of the molecule is CC(C)(C)C1CC1(c1cc2c(Br)c(C(N)=O)cnc2[nH]1)N(C(=O)O)C(C)(C)C. The lowest BCUT2D eigenvalue weighted by Gasteiger charge is -2.42. The zero-order valence-corrected chi connectivity index (χ0v) is 18.6. The van der Waals surface area contributed by atoms with Gasteiger partial charge in [-0.3, -0.25) is 9.69 Å². The highest BCUT2D eigenvalue weighted by Gasteiger charge is 2.67. The van der Waals surface area contributed by atoms with Crippen LogP contribution in [0.25, 0.3) is 11.0 Å². The Hall–Kier alpha value is -2.09. The van der Waals surface area contributed by atoms with Crippen LogP contribution in [0.4, 0.5) is 4.79 Å². The molecule has 0 bridgehead atoms. The van der Waals surface area contributed by atoms with E-state index in [1.807, 2.05) is 26.8 Å². The minimum atomic E-state index is -0.956. The summed E-state index contributed by atoms with van der Waals surface area (Å²) in [5, 5.41) is 10.8. The number of nitrogens with one attached hydrogen (secondary N) is 1. The number of fused-ring (bicyclic) bond motifs is 1. The Balaban J connectivity index is 2.25. The number of rotatable bonds is 3. The maximum absolute atomic E-state index is 12.3. The molecule has 2 amide bonds. The topological polar surface area (TPSA) is 112 Å². The van der Waals surface area contributed by atoms with E-state index in [1.165, 1.54) is 6.20 Å². The molecule has 2 atom stereocenters. The molecule has 2 unspecified atom stereocenters. The predicted octanol–water partition coefficient (Wildman–Crippen LogP) is 4.46. The third-order valence-corrected chi connectivity index (χ3v) is 6.42. The van der Waals surface area contributed by atoms with Gasteiger partial charge in [-0.25, -0.2) is 9.78 Å². The number of aromatic nitrogens is 2. The van der Waals surface area contributed by atoms with Crippen molar-refractivity contribution in [3.8, 4) is 0 Å². The summed E-state index contributed by atoms with van der Waals surface area (Å²) in [6.07, 6.45) is 1.18. The number of carbonyl (C=O) groups excluding carboxylic acids is 1. The zero-order valence-electron chi connectivity index (χ0n) is 17.1. The number of H-pyrrole nitrogens is 1. The monoisotopic (exact) mass is 450 g/mol. The molecule has 0 spiro atoms. The summed E-state index contributed by atoms with van der Waals surface area (Å²) >= 11 is 3.45. The van der Waals surface area contributed by atoms with E-state index in [4.69, 9.17) is 5.73 Å². The van der Waals surface area contributed by atoms with E-state index in [0.717, 1.165) is 5.69 Å². The third-order valence-electron chi connectivity index (χ3n) is 5.56. The Labute approximate surface area is 172 Å². The second-order valence-electron chi connectivity index (χ2n) is 9.63. The Bertz CT molecular complexity index is 970. The summed E-state index contributed by atoms with van der Waals surface area (Å²) < 4.78 is 0.563. The first kappa shape index (κ1) is 20.6. The normalized spacial score (nSPS) is 22.3. The first-order chi connectivity index (χ1) is 12.7. The minimum absolute atomic E-state index is 0.0840. The van der Waals surface area contributed by atoms with E-state index in [9.17, 15) is 14.7 Å². The van der Waals surface area contributed by atoms with Crippen LogP contribution in [0.5, 0.6) is 0 Å². The molecule has 2 aromatic rings. The number of hydrogen-bond acceptors (Lipinski definition) is 3. The number of carbonyl (C=O) groups is 2. The van der Waals surface area contributed by atoms with Crippen molar-refractivity contribution in [3.05, 3.63) is 28.0 Å². The quantitative estimate of drug-likeness (QED) is 0.639. The third kappa shape index (κ3) is 3.07. The van der Waals surface area contributed by atoms with Gasteiger partial charge in [-0.2, -0.15) is 0 Å². The molecule has 2 heterocycles. The van der Waals surface area contributed by atoms with Gasteiger partial charge in [0.2, 0.25) is 0 Å². The second-order valence-corrected chi connectivity index (χ2v) is 10.4. The lowest BCUT2D eigenvalue weighted by Crippen LogP contribution is -2.53. The molecule has 1 saturated carbocycles. The highest BCUT2D eigenvalue weighted by molar-refractivity contribution is 9.10. The summed E-state index contributed by atoms with van der Waals surface area (Å²) in [6, 6.07) is 1.90. The standard InChI is InChI=1S/C20H27BrN4O3/c1-18(2,3)12-8-20(12,25(17(27)28)19(4,5)6)13-7-10-14(21)11(15(22)26)9-23-16(10)24-13/h7,9,12H,8H2,1-6H3,(H2,22,26)(H,23,24)(H,27,28). The molecule has 1 aliphatic carbocycles. The predicted molar refractivity (Wildman–Crippen MR) is 111 cm³/mol. The number of hydrogen-bond donors (Lipinski definition) is 3. The Morgan fingerprint density at radius 2 is 1.93 bits per heavy atom. The summed E-state index contributed by atoms with van der Waals surface area (Å²) in [7, 11) is 0. The van der Waals surface area contributed by atoms with Crippen LogP contribution >= 0.6 is 15.9 Å². The van der Waals surface area contributed by atoms with E-state index < -0.39 is 23.1 Å². The highest BCUT2D eigenvalue weighted by Crippen LogP contribution is 2.65. The molecule has 0 saturated heterocycles. The lowest BCUT2D eigenvalue weighted by molar-refractivity contribution is 0.0423. The largest absolute Gasteiger partial charge is 0.465 e. The summed E-state index contributed by atoms with van der Waals surface area (Å²) in [6.45, 7) is 12.1. The van der Waals surface area contributed by atoms with Crippen molar-refractivity contribution in [3.63, 3.8) is 0 Å². The number of aromatic amines is 1. The van der Waals surface area contributed by atoms with Crippen LogP contribution in [-0.4, -0.2) is 37.5 Å².